The first-order valence-corrected chi connectivity index (χ1v) is 16.1. The van der Waals surface area contributed by atoms with Crippen LogP contribution in [0.3, 0.4) is 0 Å². The van der Waals surface area contributed by atoms with E-state index in [-0.39, 0.29) is 21.7 Å². The van der Waals surface area contributed by atoms with Gasteiger partial charge in [0.15, 0.2) is 0 Å². The van der Waals surface area contributed by atoms with Crippen molar-refractivity contribution in [3.05, 3.63) is 0 Å². The second-order valence-corrected chi connectivity index (χ2v) is 17.7. The SMILES string of the molecule is CC(C)(C)O[Si](O)(OC(C)(C)C)OC(C)(C)C.CC(C)(C)O[Si](O)(OC(C)(C)C)OC(C)(C)C.CO.CO.[Ti]. The topological polar surface area (TPSA) is 136 Å². The van der Waals surface area contributed by atoms with Crippen molar-refractivity contribution in [2.45, 2.75) is 158 Å². The van der Waals surface area contributed by atoms with Crippen LogP contribution in [0.4, 0.5) is 0 Å². The van der Waals surface area contributed by atoms with Crippen molar-refractivity contribution in [1.82, 2.24) is 0 Å². The van der Waals surface area contributed by atoms with Gasteiger partial charge in [0.2, 0.25) is 0 Å². The summed E-state index contributed by atoms with van der Waals surface area (Å²) in [5.74, 6) is 0. The van der Waals surface area contributed by atoms with E-state index < -0.39 is 51.7 Å². The van der Waals surface area contributed by atoms with Gasteiger partial charge in [-0.15, -0.1) is 0 Å². The average Bonchev–Trinajstić information content (AvgIpc) is 2.46. The molecule has 0 saturated carbocycles. The monoisotopic (exact) mass is 640 g/mol. The third-order valence-corrected chi connectivity index (χ3v) is 7.83. The van der Waals surface area contributed by atoms with Crippen molar-refractivity contribution in [3.8, 4) is 0 Å². The van der Waals surface area contributed by atoms with E-state index in [0.717, 1.165) is 14.2 Å². The number of aliphatic hydroxyl groups is 2. The van der Waals surface area contributed by atoms with Crippen LogP contribution >= 0.6 is 0 Å². The second-order valence-electron chi connectivity index (χ2n) is 14.3. The molecule has 0 fully saturated rings. The van der Waals surface area contributed by atoms with Crippen molar-refractivity contribution in [2.75, 3.05) is 14.2 Å². The molecule has 0 aromatic carbocycles. The Labute approximate surface area is 257 Å². The van der Waals surface area contributed by atoms with Crippen LogP contribution < -0.4 is 0 Å². The number of hydrogen-bond donors (Lipinski definition) is 4. The summed E-state index contributed by atoms with van der Waals surface area (Å²) >= 11 is 0. The van der Waals surface area contributed by atoms with Gasteiger partial charge in [0.1, 0.15) is 0 Å². The first-order valence-electron chi connectivity index (χ1n) is 12.8. The number of rotatable bonds is 6. The van der Waals surface area contributed by atoms with Gasteiger partial charge < -0.3 is 46.4 Å². The largest absolute Gasteiger partial charge is 0.678 e. The van der Waals surface area contributed by atoms with Gasteiger partial charge in [0, 0.05) is 35.9 Å². The van der Waals surface area contributed by atoms with E-state index in [4.69, 9.17) is 36.8 Å². The standard InChI is InChI=1S/2C12H28O4Si.2CH4O.Ti/c2*1-10(2,3)14-17(13,15-11(4,5)6)16-12(7,8)9;2*1-2;/h2*13H,1-9H3;2*2H,1H3;. The van der Waals surface area contributed by atoms with Crippen LogP contribution in [-0.4, -0.2) is 85.7 Å². The minimum atomic E-state index is -3.66. The van der Waals surface area contributed by atoms with Crippen LogP contribution in [0.2, 0.25) is 0 Å². The maximum Gasteiger partial charge on any atom is 0.678 e. The van der Waals surface area contributed by atoms with E-state index in [1.54, 1.807) is 0 Å². The molecule has 0 aliphatic rings. The molecule has 0 aromatic heterocycles. The zero-order chi connectivity index (χ0) is 32.2. The van der Waals surface area contributed by atoms with E-state index in [0.29, 0.717) is 0 Å². The van der Waals surface area contributed by atoms with E-state index in [1.165, 1.54) is 0 Å². The molecule has 0 amide bonds. The van der Waals surface area contributed by atoms with Crippen LogP contribution in [0.15, 0.2) is 0 Å². The van der Waals surface area contributed by atoms with Gasteiger partial charge in [-0.1, -0.05) is 0 Å². The predicted molar refractivity (Wildman–Crippen MR) is 157 cm³/mol. The average molecular weight is 641 g/mol. The first-order chi connectivity index (χ1) is 16.2. The third-order valence-electron chi connectivity index (χ3n) is 2.61. The Balaban J connectivity index is -0.000000171. The zero-order valence-corrected chi connectivity index (χ0v) is 32.3. The van der Waals surface area contributed by atoms with Crippen LogP contribution in [0.25, 0.3) is 0 Å². The molecule has 0 atom stereocenters. The molecule has 0 radical (unpaired) electrons. The molecule has 0 bridgehead atoms. The molecule has 0 heterocycles. The summed E-state index contributed by atoms with van der Waals surface area (Å²) in [7, 11) is -5.31. The van der Waals surface area contributed by atoms with Crippen LogP contribution in [0, 0.1) is 0 Å². The maximum atomic E-state index is 10.5. The molecule has 0 spiro atoms. The molecule has 240 valence electrons. The Morgan fingerprint density at radius 2 is 0.385 bits per heavy atom. The quantitative estimate of drug-likeness (QED) is 0.296. The molecular weight excluding hydrogens is 576 g/mol. The molecule has 0 aliphatic carbocycles. The van der Waals surface area contributed by atoms with Gasteiger partial charge >= 0.3 is 18.1 Å². The van der Waals surface area contributed by atoms with Crippen molar-refractivity contribution in [2.24, 2.45) is 0 Å². The number of aliphatic hydroxyl groups excluding tert-OH is 2. The fraction of sp³-hybridized carbons (Fsp3) is 1.00. The Morgan fingerprint density at radius 3 is 0.436 bits per heavy atom. The summed E-state index contributed by atoms with van der Waals surface area (Å²) in [6.45, 7) is 33.6. The van der Waals surface area contributed by atoms with Crippen molar-refractivity contribution in [3.63, 3.8) is 0 Å². The van der Waals surface area contributed by atoms with E-state index >= 15 is 0 Å². The molecule has 13 heteroatoms. The van der Waals surface area contributed by atoms with Gasteiger partial charge in [-0.25, -0.2) is 0 Å². The molecule has 0 unspecified atom stereocenters. The normalized spacial score (nSPS) is 13.5. The molecule has 0 rings (SSSR count). The summed E-state index contributed by atoms with van der Waals surface area (Å²) in [5.41, 5.74) is -3.10. The fourth-order valence-corrected chi connectivity index (χ4v) is 7.34. The van der Waals surface area contributed by atoms with Crippen molar-refractivity contribution < 1.29 is 68.1 Å². The molecule has 10 nitrogen and oxygen atoms in total. The Bertz CT molecular complexity index is 474. The first kappa shape index (κ1) is 49.4. The second kappa shape index (κ2) is 18.4. The molecule has 0 aliphatic heterocycles. The molecule has 39 heavy (non-hydrogen) atoms. The fourth-order valence-electron chi connectivity index (χ4n) is 2.45. The van der Waals surface area contributed by atoms with Crippen LogP contribution in [0.5, 0.6) is 0 Å². The minimum absolute atomic E-state index is 0. The Hall–Kier alpha value is 0.748. The molecule has 0 saturated heterocycles. The van der Waals surface area contributed by atoms with Gasteiger partial charge in [-0.05, 0) is 125 Å². The Morgan fingerprint density at radius 1 is 0.308 bits per heavy atom. The minimum Gasteiger partial charge on any atom is -0.400 e. The van der Waals surface area contributed by atoms with Gasteiger partial charge in [0.25, 0.3) is 0 Å². The van der Waals surface area contributed by atoms with Gasteiger partial charge in [-0.2, -0.15) is 0 Å². The van der Waals surface area contributed by atoms with Crippen LogP contribution in [-0.2, 0) is 48.3 Å². The third kappa shape index (κ3) is 38.7. The van der Waals surface area contributed by atoms with E-state index in [9.17, 15) is 9.59 Å². The van der Waals surface area contributed by atoms with Crippen molar-refractivity contribution >= 4 is 18.1 Å². The molecule has 0 aromatic rings. The summed E-state index contributed by atoms with van der Waals surface area (Å²) in [6.07, 6.45) is 0. The van der Waals surface area contributed by atoms with Crippen LogP contribution in [0.1, 0.15) is 125 Å². The van der Waals surface area contributed by atoms with Gasteiger partial charge in [0.05, 0.1) is 33.6 Å². The summed E-state index contributed by atoms with van der Waals surface area (Å²) in [6, 6.07) is 0. The smallest absolute Gasteiger partial charge is 0.400 e. The maximum absolute atomic E-state index is 10.5. The van der Waals surface area contributed by atoms with E-state index in [1.807, 2.05) is 125 Å². The predicted octanol–water partition coefficient (Wildman–Crippen LogP) is 4.93. The summed E-state index contributed by atoms with van der Waals surface area (Å²) in [4.78, 5) is 21.0. The molecular formula is C26H64O10Si2Ti. The van der Waals surface area contributed by atoms with Gasteiger partial charge in [-0.3, -0.25) is 0 Å². The van der Waals surface area contributed by atoms with E-state index in [2.05, 4.69) is 0 Å². The van der Waals surface area contributed by atoms with Crippen molar-refractivity contribution in [1.29, 1.82) is 0 Å². The Kier molecular flexibility index (Phi) is 23.3. The molecule has 4 N–H and O–H groups in total. The number of hydrogen-bond acceptors (Lipinski definition) is 10. The summed E-state index contributed by atoms with van der Waals surface area (Å²) < 4.78 is 33.8. The summed E-state index contributed by atoms with van der Waals surface area (Å²) in [5, 5.41) is 14.0. The zero-order valence-electron chi connectivity index (χ0n) is 28.7.